The van der Waals surface area contributed by atoms with Crippen LogP contribution >= 0.6 is 0 Å². The molecule has 0 aliphatic heterocycles. The van der Waals surface area contributed by atoms with Crippen LogP contribution in [0, 0.1) is 0 Å². The molecule has 0 unspecified atom stereocenters. The van der Waals surface area contributed by atoms with Crippen LogP contribution in [-0.4, -0.2) is 154 Å². The van der Waals surface area contributed by atoms with Crippen LogP contribution in [0.25, 0.3) is 0 Å². The summed E-state index contributed by atoms with van der Waals surface area (Å²) < 4.78 is 0. The monoisotopic (exact) mass is 220 g/mol. The van der Waals surface area contributed by atoms with Crippen molar-refractivity contribution in [1.29, 1.82) is 0 Å². The van der Waals surface area contributed by atoms with E-state index in [2.05, 4.69) is 0 Å². The van der Waals surface area contributed by atoms with Crippen LogP contribution in [0.4, 0.5) is 0 Å². The topological polar surface area (TPSA) is 0 Å². The SMILES string of the molecule is [K].[K].[K].[Rh]. The van der Waals surface area contributed by atoms with Crippen LogP contribution in [0.15, 0.2) is 0 Å². The number of rotatable bonds is 0. The van der Waals surface area contributed by atoms with E-state index in [-0.39, 0.29) is 174 Å². The van der Waals surface area contributed by atoms with E-state index in [1.807, 2.05) is 0 Å². The van der Waals surface area contributed by atoms with Gasteiger partial charge in [0.2, 0.25) is 0 Å². The zero-order valence-electron chi connectivity index (χ0n) is 3.33. The normalized spacial score (nSPS) is 0. The minimum Gasteiger partial charge on any atom is 0 e. The van der Waals surface area contributed by atoms with E-state index in [4.69, 9.17) is 0 Å². The molecule has 0 nitrogen and oxygen atoms in total. The van der Waals surface area contributed by atoms with Crippen LogP contribution in [0.3, 0.4) is 0 Å². The van der Waals surface area contributed by atoms with Gasteiger partial charge >= 0.3 is 0 Å². The van der Waals surface area contributed by atoms with E-state index in [1.165, 1.54) is 0 Å². The van der Waals surface area contributed by atoms with Crippen molar-refractivity contribution in [3.63, 3.8) is 0 Å². The van der Waals surface area contributed by atoms with Crippen molar-refractivity contribution < 1.29 is 19.5 Å². The molecule has 0 bridgehead atoms. The van der Waals surface area contributed by atoms with Crippen molar-refractivity contribution in [2.24, 2.45) is 0 Å². The summed E-state index contributed by atoms with van der Waals surface area (Å²) in [5.41, 5.74) is 0. The van der Waals surface area contributed by atoms with Crippen molar-refractivity contribution in [3.05, 3.63) is 0 Å². The molecule has 0 atom stereocenters. The summed E-state index contributed by atoms with van der Waals surface area (Å²) in [6.07, 6.45) is 0. The van der Waals surface area contributed by atoms with Gasteiger partial charge in [-0.05, 0) is 0 Å². The largest absolute Gasteiger partial charge is 0 e. The second-order valence-corrected chi connectivity index (χ2v) is 0. The summed E-state index contributed by atoms with van der Waals surface area (Å²) in [5, 5.41) is 0. The molecule has 0 rings (SSSR count). The van der Waals surface area contributed by atoms with E-state index in [0.717, 1.165) is 0 Å². The minimum absolute atomic E-state index is 0. The quantitative estimate of drug-likeness (QED) is 0.452. The molecule has 0 aromatic heterocycles. The maximum absolute atomic E-state index is 0. The Morgan fingerprint density at radius 3 is 0.500 bits per heavy atom. The molecule has 0 heterocycles. The zero-order chi connectivity index (χ0) is 0. The fourth-order valence-electron chi connectivity index (χ4n) is 0. The van der Waals surface area contributed by atoms with Gasteiger partial charge in [-0.1, -0.05) is 0 Å². The van der Waals surface area contributed by atoms with E-state index in [0.29, 0.717) is 0 Å². The van der Waals surface area contributed by atoms with Gasteiger partial charge in [-0.3, -0.25) is 0 Å². The fraction of sp³-hybridized carbons (Fsp3) is 0. The van der Waals surface area contributed by atoms with Gasteiger partial charge in [0.1, 0.15) is 0 Å². The first-order chi connectivity index (χ1) is 0. The molecule has 0 spiro atoms. The Hall–Kier alpha value is 5.53. The maximum atomic E-state index is 0. The summed E-state index contributed by atoms with van der Waals surface area (Å²) >= 11 is 0. The van der Waals surface area contributed by atoms with E-state index >= 15 is 0 Å². The third-order valence-electron chi connectivity index (χ3n) is 0. The van der Waals surface area contributed by atoms with Gasteiger partial charge in [0.15, 0.2) is 0 Å². The molecule has 4 radical (unpaired) electrons. The Morgan fingerprint density at radius 1 is 0.500 bits per heavy atom. The summed E-state index contributed by atoms with van der Waals surface area (Å²) in [4.78, 5) is 0. The smallest absolute Gasteiger partial charge is 0 e. The summed E-state index contributed by atoms with van der Waals surface area (Å²) in [6, 6.07) is 0. The molecule has 0 fully saturated rings. The molecular formula is K3Rh. The van der Waals surface area contributed by atoms with Crippen LogP contribution < -0.4 is 0 Å². The first-order valence-electron chi connectivity index (χ1n) is 0. The molecule has 4 heavy (non-hydrogen) atoms. The summed E-state index contributed by atoms with van der Waals surface area (Å²) in [7, 11) is 0. The Labute approximate surface area is 167 Å². The Morgan fingerprint density at radius 2 is 0.500 bits per heavy atom. The molecule has 0 amide bonds. The van der Waals surface area contributed by atoms with Gasteiger partial charge in [-0.25, -0.2) is 0 Å². The molecule has 0 aromatic rings. The average molecular weight is 220 g/mol. The predicted molar refractivity (Wildman–Crippen MR) is 17.3 cm³/mol. The van der Waals surface area contributed by atoms with Crippen LogP contribution in [0.1, 0.15) is 0 Å². The molecule has 4 heteroatoms. The van der Waals surface area contributed by atoms with E-state index in [1.54, 1.807) is 0 Å². The standard InChI is InChI=1S/3K.Rh. The van der Waals surface area contributed by atoms with Crippen LogP contribution in [0.5, 0.6) is 0 Å². The molecule has 0 aromatic carbocycles. The Balaban J connectivity index is 0. The third kappa shape index (κ3) is 10.5. The zero-order valence-corrected chi connectivity index (χ0v) is 14.3. The second kappa shape index (κ2) is 15.8. The molecule has 0 aliphatic rings. The van der Waals surface area contributed by atoms with E-state index < -0.39 is 0 Å². The molecule has 0 N–H and O–H groups in total. The number of hydrogen-bond donors (Lipinski definition) is 0. The first-order valence-corrected chi connectivity index (χ1v) is 0. The Kier molecular flexibility index (Phi) is 89.7. The first kappa shape index (κ1) is 22.7. The van der Waals surface area contributed by atoms with Crippen LogP contribution in [0.2, 0.25) is 0 Å². The maximum Gasteiger partial charge on any atom is 0 e. The van der Waals surface area contributed by atoms with Gasteiger partial charge in [0.25, 0.3) is 0 Å². The molecule has 0 saturated carbocycles. The Bertz CT molecular complexity index is 3.25. The van der Waals surface area contributed by atoms with E-state index in [9.17, 15) is 0 Å². The molecular weight excluding hydrogens is 220 g/mol. The minimum atomic E-state index is 0. The average Bonchev–Trinajstić information content (AvgIpc) is 0. The van der Waals surface area contributed by atoms with Crippen molar-refractivity contribution in [2.75, 3.05) is 0 Å². The molecule has 0 aliphatic carbocycles. The van der Waals surface area contributed by atoms with Crippen LogP contribution in [-0.2, 0) is 19.5 Å². The summed E-state index contributed by atoms with van der Waals surface area (Å²) in [5.74, 6) is 0. The van der Waals surface area contributed by atoms with Gasteiger partial charge in [-0.15, -0.1) is 0 Å². The number of hydrogen-bond acceptors (Lipinski definition) is 0. The fourth-order valence-corrected chi connectivity index (χ4v) is 0. The second-order valence-electron chi connectivity index (χ2n) is 0. The molecule has 12 valence electrons. The van der Waals surface area contributed by atoms with Gasteiger partial charge in [0, 0.05) is 174 Å². The summed E-state index contributed by atoms with van der Waals surface area (Å²) in [6.45, 7) is 0. The van der Waals surface area contributed by atoms with Gasteiger partial charge in [-0.2, -0.15) is 0 Å². The van der Waals surface area contributed by atoms with Crippen molar-refractivity contribution in [2.45, 2.75) is 0 Å². The van der Waals surface area contributed by atoms with Crippen molar-refractivity contribution >= 4 is 154 Å². The predicted octanol–water partition coefficient (Wildman–Crippen LogP) is -1.14. The van der Waals surface area contributed by atoms with Crippen molar-refractivity contribution in [3.8, 4) is 0 Å². The molecule has 0 saturated heterocycles. The van der Waals surface area contributed by atoms with Gasteiger partial charge < -0.3 is 0 Å². The van der Waals surface area contributed by atoms with Gasteiger partial charge in [0.05, 0.1) is 0 Å². The van der Waals surface area contributed by atoms with Crippen molar-refractivity contribution in [1.82, 2.24) is 0 Å². The third-order valence-corrected chi connectivity index (χ3v) is 0.